The van der Waals surface area contributed by atoms with Crippen molar-refractivity contribution in [3.05, 3.63) is 32.7 Å². The molecule has 1 aromatic carbocycles. The molecule has 21 heavy (non-hydrogen) atoms. The molecular weight excluding hydrogens is 396 g/mol. The summed E-state index contributed by atoms with van der Waals surface area (Å²) in [6, 6.07) is 6.21. The van der Waals surface area contributed by atoms with Gasteiger partial charge >= 0.3 is 0 Å². The van der Waals surface area contributed by atoms with Crippen molar-refractivity contribution in [1.82, 2.24) is 10.6 Å². The minimum absolute atomic E-state index is 0.0281. The van der Waals surface area contributed by atoms with Gasteiger partial charge in [0.05, 0.1) is 0 Å². The predicted octanol–water partition coefficient (Wildman–Crippen LogP) is 4.25. The molecule has 1 fully saturated rings. The Labute approximate surface area is 143 Å². The van der Waals surface area contributed by atoms with Gasteiger partial charge in [0.15, 0.2) is 0 Å². The molecule has 0 saturated heterocycles. The van der Waals surface area contributed by atoms with Crippen molar-refractivity contribution in [3.63, 3.8) is 0 Å². The fraction of sp³-hybridized carbons (Fsp3) is 0.562. The van der Waals surface area contributed by atoms with Crippen molar-refractivity contribution in [1.29, 1.82) is 0 Å². The zero-order chi connectivity index (χ0) is 15.1. The average Bonchev–Trinajstić information content (AvgIpc) is 2.71. The van der Waals surface area contributed by atoms with Crippen LogP contribution in [-0.2, 0) is 0 Å². The number of halogens is 2. The molecule has 1 amide bonds. The van der Waals surface area contributed by atoms with Gasteiger partial charge in [-0.1, -0.05) is 57.5 Å². The molecule has 2 rings (SSSR count). The lowest BCUT2D eigenvalue weighted by Crippen LogP contribution is -2.36. The Bertz CT molecular complexity index is 451. The van der Waals surface area contributed by atoms with Gasteiger partial charge < -0.3 is 10.6 Å². The highest BCUT2D eigenvalue weighted by atomic mass is 79.9. The van der Waals surface area contributed by atoms with Crippen molar-refractivity contribution < 1.29 is 4.79 Å². The topological polar surface area (TPSA) is 41.1 Å². The summed E-state index contributed by atoms with van der Waals surface area (Å²) in [4.78, 5) is 12.1. The highest BCUT2D eigenvalue weighted by Gasteiger charge is 2.11. The van der Waals surface area contributed by atoms with E-state index in [0.717, 1.165) is 15.5 Å². The first-order chi connectivity index (χ1) is 10.1. The van der Waals surface area contributed by atoms with Crippen molar-refractivity contribution >= 4 is 37.8 Å². The molecule has 1 aromatic rings. The minimum atomic E-state index is -0.0281. The van der Waals surface area contributed by atoms with E-state index in [0.29, 0.717) is 18.2 Å². The van der Waals surface area contributed by atoms with Crippen LogP contribution in [0.2, 0.25) is 0 Å². The monoisotopic (exact) mass is 416 g/mol. The number of nitrogens with one attached hydrogen (secondary N) is 2. The van der Waals surface area contributed by atoms with Gasteiger partial charge in [0, 0.05) is 33.6 Å². The van der Waals surface area contributed by atoms with E-state index >= 15 is 0 Å². The van der Waals surface area contributed by atoms with Gasteiger partial charge in [-0.2, -0.15) is 0 Å². The first kappa shape index (κ1) is 17.0. The Morgan fingerprint density at radius 2 is 1.62 bits per heavy atom. The fourth-order valence-electron chi connectivity index (χ4n) is 2.72. The van der Waals surface area contributed by atoms with E-state index in [-0.39, 0.29) is 5.91 Å². The second-order valence-corrected chi connectivity index (χ2v) is 7.39. The molecule has 1 aliphatic rings. The maximum Gasteiger partial charge on any atom is 0.251 e. The predicted molar refractivity (Wildman–Crippen MR) is 93.7 cm³/mol. The number of carbonyl (C=O) groups excluding carboxylic acids is 1. The lowest BCUT2D eigenvalue weighted by molar-refractivity contribution is 0.0953. The average molecular weight is 418 g/mol. The summed E-state index contributed by atoms with van der Waals surface area (Å²) < 4.78 is 1.80. The van der Waals surface area contributed by atoms with Crippen LogP contribution in [0.15, 0.2) is 27.1 Å². The summed E-state index contributed by atoms with van der Waals surface area (Å²) in [5.41, 5.74) is 0.672. The Morgan fingerprint density at radius 1 is 1.00 bits per heavy atom. The van der Waals surface area contributed by atoms with E-state index in [9.17, 15) is 4.79 Å². The molecule has 0 spiro atoms. The van der Waals surface area contributed by atoms with E-state index in [1.807, 2.05) is 18.2 Å². The summed E-state index contributed by atoms with van der Waals surface area (Å²) in [5.74, 6) is -0.0281. The van der Waals surface area contributed by atoms with E-state index in [4.69, 9.17) is 0 Å². The van der Waals surface area contributed by atoms with Crippen molar-refractivity contribution in [2.75, 3.05) is 13.1 Å². The zero-order valence-corrected chi connectivity index (χ0v) is 15.3. The van der Waals surface area contributed by atoms with E-state index < -0.39 is 0 Å². The van der Waals surface area contributed by atoms with Crippen LogP contribution >= 0.6 is 31.9 Å². The van der Waals surface area contributed by atoms with Crippen molar-refractivity contribution in [2.24, 2.45) is 0 Å². The second-order valence-electron chi connectivity index (χ2n) is 5.56. The summed E-state index contributed by atoms with van der Waals surface area (Å²) in [5, 5.41) is 6.52. The summed E-state index contributed by atoms with van der Waals surface area (Å²) in [6.45, 7) is 1.51. The first-order valence-electron chi connectivity index (χ1n) is 7.63. The standard InChI is InChI=1S/C16H22Br2N2O/c17-13-9-12(10-14(18)11-13)16(21)20-8-7-19-15-5-3-1-2-4-6-15/h9-11,15,19H,1-8H2,(H,20,21). The van der Waals surface area contributed by atoms with Crippen LogP contribution < -0.4 is 10.6 Å². The van der Waals surface area contributed by atoms with Crippen molar-refractivity contribution in [2.45, 2.75) is 44.6 Å². The van der Waals surface area contributed by atoms with Crippen LogP contribution in [0.25, 0.3) is 0 Å². The van der Waals surface area contributed by atoms with Gasteiger partial charge in [-0.05, 0) is 31.0 Å². The van der Waals surface area contributed by atoms with E-state index in [1.165, 1.54) is 38.5 Å². The Morgan fingerprint density at radius 3 is 2.24 bits per heavy atom. The fourth-order valence-corrected chi connectivity index (χ4v) is 4.02. The molecule has 0 bridgehead atoms. The van der Waals surface area contributed by atoms with Crippen LogP contribution in [0.5, 0.6) is 0 Å². The van der Waals surface area contributed by atoms with Crippen LogP contribution in [0.4, 0.5) is 0 Å². The van der Waals surface area contributed by atoms with Crippen molar-refractivity contribution in [3.8, 4) is 0 Å². The van der Waals surface area contributed by atoms with E-state index in [2.05, 4.69) is 42.5 Å². The van der Waals surface area contributed by atoms with Gasteiger partial charge in [0.1, 0.15) is 0 Å². The summed E-state index contributed by atoms with van der Waals surface area (Å²) in [6.07, 6.45) is 7.94. The Kier molecular flexibility index (Phi) is 7.20. The molecule has 5 heteroatoms. The third kappa shape index (κ3) is 6.09. The highest BCUT2D eigenvalue weighted by molar-refractivity contribution is 9.11. The molecule has 116 valence electrons. The molecule has 0 aliphatic heterocycles. The smallest absolute Gasteiger partial charge is 0.251 e. The highest BCUT2D eigenvalue weighted by Crippen LogP contribution is 2.20. The quantitative estimate of drug-likeness (QED) is 0.555. The molecule has 1 saturated carbocycles. The molecule has 0 atom stereocenters. The first-order valence-corrected chi connectivity index (χ1v) is 9.21. The molecule has 0 unspecified atom stereocenters. The van der Waals surface area contributed by atoms with Gasteiger partial charge in [0.2, 0.25) is 0 Å². The van der Waals surface area contributed by atoms with Crippen LogP contribution in [0, 0.1) is 0 Å². The van der Waals surface area contributed by atoms with Gasteiger partial charge in [-0.3, -0.25) is 4.79 Å². The number of benzene rings is 1. The van der Waals surface area contributed by atoms with Crippen LogP contribution in [-0.4, -0.2) is 25.0 Å². The largest absolute Gasteiger partial charge is 0.351 e. The maximum absolute atomic E-state index is 12.1. The normalized spacial score (nSPS) is 16.5. The number of rotatable bonds is 5. The second kappa shape index (κ2) is 8.91. The van der Waals surface area contributed by atoms with Gasteiger partial charge in [0.25, 0.3) is 5.91 Å². The molecule has 1 aliphatic carbocycles. The minimum Gasteiger partial charge on any atom is -0.351 e. The lowest BCUT2D eigenvalue weighted by Gasteiger charge is -2.16. The number of amides is 1. The van der Waals surface area contributed by atoms with E-state index in [1.54, 1.807) is 0 Å². The summed E-state index contributed by atoms with van der Waals surface area (Å²) in [7, 11) is 0. The SMILES string of the molecule is O=C(NCCNC1CCCCCC1)c1cc(Br)cc(Br)c1. The number of hydrogen-bond donors (Lipinski definition) is 2. The number of carbonyl (C=O) groups is 1. The molecule has 0 aromatic heterocycles. The zero-order valence-electron chi connectivity index (χ0n) is 12.1. The Balaban J connectivity index is 1.71. The molecule has 3 nitrogen and oxygen atoms in total. The van der Waals surface area contributed by atoms with Crippen LogP contribution in [0.1, 0.15) is 48.9 Å². The van der Waals surface area contributed by atoms with Crippen LogP contribution in [0.3, 0.4) is 0 Å². The molecule has 0 heterocycles. The summed E-state index contributed by atoms with van der Waals surface area (Å²) >= 11 is 6.80. The third-order valence-corrected chi connectivity index (χ3v) is 4.74. The number of hydrogen-bond acceptors (Lipinski definition) is 2. The molecular formula is C16H22Br2N2O. The van der Waals surface area contributed by atoms with Gasteiger partial charge in [-0.15, -0.1) is 0 Å². The van der Waals surface area contributed by atoms with Gasteiger partial charge in [-0.25, -0.2) is 0 Å². The maximum atomic E-state index is 12.1. The molecule has 2 N–H and O–H groups in total. The lowest BCUT2D eigenvalue weighted by atomic mass is 10.1. The third-order valence-electron chi connectivity index (χ3n) is 3.82. The Hall–Kier alpha value is -0.390. The molecule has 0 radical (unpaired) electrons.